The lowest BCUT2D eigenvalue weighted by molar-refractivity contribution is -0.145. The smallest absolute Gasteiger partial charge is 0.331 e. The molecular weight excluding hydrogens is 482 g/mol. The van der Waals surface area contributed by atoms with Crippen LogP contribution in [-0.4, -0.2) is 33.5 Å². The van der Waals surface area contributed by atoms with Crippen LogP contribution in [-0.2, 0) is 29.0 Å². The van der Waals surface area contributed by atoms with Gasteiger partial charge in [0, 0.05) is 12.1 Å². The third-order valence-electron chi connectivity index (χ3n) is 6.55. The number of rotatable bonds is 10. The molecule has 0 spiro atoms. The first kappa shape index (κ1) is 26.8. The molecule has 38 heavy (non-hydrogen) atoms. The Morgan fingerprint density at radius 3 is 2.18 bits per heavy atom. The van der Waals surface area contributed by atoms with Gasteiger partial charge in [0.05, 0.1) is 17.4 Å². The molecule has 0 amide bonds. The second-order valence-corrected chi connectivity index (χ2v) is 9.58. The van der Waals surface area contributed by atoms with Crippen LogP contribution in [0.4, 0.5) is 0 Å². The highest BCUT2D eigenvalue weighted by Crippen LogP contribution is 2.13. The van der Waals surface area contributed by atoms with Gasteiger partial charge in [0.25, 0.3) is 5.56 Å². The van der Waals surface area contributed by atoms with Gasteiger partial charge in [0.2, 0.25) is 0 Å². The number of hydrogen-bond acceptors (Lipinski definition) is 6. The molecule has 2 N–H and O–H groups in total. The number of nitrogens with two attached hydrogens (primary N) is 1. The largest absolute Gasteiger partial charge is 0.456 e. The summed E-state index contributed by atoms with van der Waals surface area (Å²) in [5.41, 5.74) is 7.80. The van der Waals surface area contributed by atoms with E-state index in [0.29, 0.717) is 22.9 Å². The minimum atomic E-state index is -0.783. The predicted molar refractivity (Wildman–Crippen MR) is 146 cm³/mol. The van der Waals surface area contributed by atoms with Crippen molar-refractivity contribution in [2.75, 3.05) is 6.61 Å². The summed E-state index contributed by atoms with van der Waals surface area (Å²) in [5, 5.41) is 0.466. The molecular formula is C30H31N3O5. The lowest BCUT2D eigenvalue weighted by atomic mass is 10.1. The molecule has 0 saturated heterocycles. The number of fused-ring (bicyclic) bond motifs is 1. The summed E-state index contributed by atoms with van der Waals surface area (Å²) in [7, 11) is 0. The Morgan fingerprint density at radius 2 is 1.50 bits per heavy atom. The first-order chi connectivity index (χ1) is 18.3. The van der Waals surface area contributed by atoms with Gasteiger partial charge in [-0.2, -0.15) is 0 Å². The SMILES string of the molecule is CC(C)C(N)C(=O)OCC(=O)c1ccc(Cn2c(=O)n(CCc3ccccc3)c(=O)c3ccccc32)cc1. The van der Waals surface area contributed by atoms with Crippen molar-refractivity contribution in [3.63, 3.8) is 0 Å². The Balaban J connectivity index is 1.55. The number of nitrogens with zero attached hydrogens (tertiary/aromatic N) is 2. The number of ketones is 1. The van der Waals surface area contributed by atoms with Crippen molar-refractivity contribution in [2.45, 2.75) is 39.4 Å². The van der Waals surface area contributed by atoms with E-state index in [2.05, 4.69) is 0 Å². The van der Waals surface area contributed by atoms with Crippen molar-refractivity contribution in [3.05, 3.63) is 116 Å². The fourth-order valence-corrected chi connectivity index (χ4v) is 4.17. The van der Waals surface area contributed by atoms with Crippen molar-refractivity contribution in [2.24, 2.45) is 11.7 Å². The number of para-hydroxylation sites is 1. The Hall–Kier alpha value is -4.30. The van der Waals surface area contributed by atoms with Crippen molar-refractivity contribution in [1.29, 1.82) is 0 Å². The van der Waals surface area contributed by atoms with Gasteiger partial charge in [-0.3, -0.25) is 23.5 Å². The molecule has 0 aliphatic heterocycles. The summed E-state index contributed by atoms with van der Waals surface area (Å²) in [5.74, 6) is -1.05. The highest BCUT2D eigenvalue weighted by atomic mass is 16.5. The monoisotopic (exact) mass is 513 g/mol. The maximum atomic E-state index is 13.5. The molecule has 8 heteroatoms. The lowest BCUT2D eigenvalue weighted by Gasteiger charge is -2.15. The average molecular weight is 514 g/mol. The minimum absolute atomic E-state index is 0.0935. The molecule has 4 rings (SSSR count). The third kappa shape index (κ3) is 5.98. The van der Waals surface area contributed by atoms with E-state index in [9.17, 15) is 19.2 Å². The van der Waals surface area contributed by atoms with Gasteiger partial charge in [0.15, 0.2) is 12.4 Å². The number of ether oxygens (including phenoxy) is 1. The first-order valence-corrected chi connectivity index (χ1v) is 12.6. The standard InChI is InChI=1S/C30H31N3O5/c1-20(2)27(31)29(36)38-19-26(34)23-14-12-22(13-15-23)18-33-25-11-7-6-10-24(25)28(35)32(30(33)37)17-16-21-8-4-3-5-9-21/h3-15,20,27H,16-19,31H2,1-2H3. The summed E-state index contributed by atoms with van der Waals surface area (Å²) < 4.78 is 7.92. The topological polar surface area (TPSA) is 113 Å². The number of esters is 1. The van der Waals surface area contributed by atoms with E-state index < -0.39 is 24.3 Å². The molecule has 0 aliphatic carbocycles. The summed E-state index contributed by atoms with van der Waals surface area (Å²) in [6, 6.07) is 22.7. The summed E-state index contributed by atoms with van der Waals surface area (Å²) in [6.07, 6.45) is 0.553. The van der Waals surface area contributed by atoms with Gasteiger partial charge in [0.1, 0.15) is 6.04 Å². The van der Waals surface area contributed by atoms with Crippen LogP contribution in [0.15, 0.2) is 88.5 Å². The van der Waals surface area contributed by atoms with Crippen LogP contribution in [0.3, 0.4) is 0 Å². The molecule has 1 atom stereocenters. The number of aromatic nitrogens is 2. The Bertz CT molecular complexity index is 1550. The van der Waals surface area contributed by atoms with Gasteiger partial charge in [-0.1, -0.05) is 80.6 Å². The third-order valence-corrected chi connectivity index (χ3v) is 6.55. The molecule has 3 aromatic carbocycles. The van der Waals surface area contributed by atoms with Crippen molar-refractivity contribution in [1.82, 2.24) is 9.13 Å². The van der Waals surface area contributed by atoms with E-state index in [1.165, 1.54) is 4.57 Å². The maximum Gasteiger partial charge on any atom is 0.331 e. The highest BCUT2D eigenvalue weighted by Gasteiger charge is 2.20. The van der Waals surface area contributed by atoms with E-state index in [0.717, 1.165) is 11.1 Å². The molecule has 1 aromatic heterocycles. The zero-order valence-corrected chi connectivity index (χ0v) is 21.5. The van der Waals surface area contributed by atoms with Crippen LogP contribution < -0.4 is 17.0 Å². The van der Waals surface area contributed by atoms with E-state index in [4.69, 9.17) is 10.5 Å². The van der Waals surface area contributed by atoms with Crippen LogP contribution in [0.2, 0.25) is 0 Å². The quantitative estimate of drug-likeness (QED) is 0.257. The highest BCUT2D eigenvalue weighted by molar-refractivity contribution is 5.98. The molecule has 0 fully saturated rings. The number of benzene rings is 3. The second kappa shape index (κ2) is 11.8. The fraction of sp³-hybridized carbons (Fsp3) is 0.267. The van der Waals surface area contributed by atoms with Gasteiger partial charge in [-0.15, -0.1) is 0 Å². The zero-order valence-electron chi connectivity index (χ0n) is 21.5. The van der Waals surface area contributed by atoms with E-state index in [1.54, 1.807) is 66.9 Å². The molecule has 0 aliphatic rings. The molecule has 0 radical (unpaired) electrons. The van der Waals surface area contributed by atoms with Crippen LogP contribution in [0.25, 0.3) is 10.9 Å². The van der Waals surface area contributed by atoms with Crippen LogP contribution >= 0.6 is 0 Å². The fourth-order valence-electron chi connectivity index (χ4n) is 4.17. The van der Waals surface area contributed by atoms with Gasteiger partial charge < -0.3 is 10.5 Å². The molecule has 196 valence electrons. The number of hydrogen-bond donors (Lipinski definition) is 1. The second-order valence-electron chi connectivity index (χ2n) is 9.58. The molecule has 1 unspecified atom stereocenters. The van der Waals surface area contributed by atoms with E-state index in [-0.39, 0.29) is 30.3 Å². The van der Waals surface area contributed by atoms with Crippen LogP contribution in [0.5, 0.6) is 0 Å². The number of Topliss-reactive ketones (excluding diaryl/α,β-unsaturated/α-hetero) is 1. The maximum absolute atomic E-state index is 13.5. The van der Waals surface area contributed by atoms with Crippen molar-refractivity contribution in [3.8, 4) is 0 Å². The molecule has 4 aromatic rings. The van der Waals surface area contributed by atoms with Gasteiger partial charge in [-0.25, -0.2) is 4.79 Å². The predicted octanol–water partition coefficient (Wildman–Crippen LogP) is 3.16. The Kier molecular flexibility index (Phi) is 8.33. The average Bonchev–Trinajstić information content (AvgIpc) is 2.94. The van der Waals surface area contributed by atoms with E-state index in [1.807, 2.05) is 30.3 Å². The number of aryl methyl sites for hydroxylation is 1. The van der Waals surface area contributed by atoms with E-state index >= 15 is 0 Å². The minimum Gasteiger partial charge on any atom is -0.456 e. The first-order valence-electron chi connectivity index (χ1n) is 12.6. The normalized spacial score (nSPS) is 12.0. The molecule has 0 bridgehead atoms. The Morgan fingerprint density at radius 1 is 0.842 bits per heavy atom. The zero-order chi connectivity index (χ0) is 27.2. The van der Waals surface area contributed by atoms with Crippen LogP contribution in [0.1, 0.15) is 35.3 Å². The summed E-state index contributed by atoms with van der Waals surface area (Å²) in [6.45, 7) is 3.69. The molecule has 0 saturated carbocycles. The molecule has 8 nitrogen and oxygen atoms in total. The lowest BCUT2D eigenvalue weighted by Crippen LogP contribution is -2.40. The van der Waals surface area contributed by atoms with Gasteiger partial charge >= 0.3 is 11.7 Å². The van der Waals surface area contributed by atoms with Crippen molar-refractivity contribution < 1.29 is 14.3 Å². The Labute approximate surface area is 220 Å². The number of carbonyl (C=O) groups is 2. The van der Waals surface area contributed by atoms with Crippen molar-refractivity contribution >= 4 is 22.7 Å². The summed E-state index contributed by atoms with van der Waals surface area (Å²) >= 11 is 0. The summed E-state index contributed by atoms with van der Waals surface area (Å²) in [4.78, 5) is 51.1. The van der Waals surface area contributed by atoms with Gasteiger partial charge in [-0.05, 0) is 35.6 Å². The number of carbonyl (C=O) groups excluding carboxylic acids is 2. The van der Waals surface area contributed by atoms with Crippen LogP contribution in [0, 0.1) is 5.92 Å². The molecule has 1 heterocycles.